The number of urea groups is 1. The van der Waals surface area contributed by atoms with Crippen molar-refractivity contribution >= 4 is 34.6 Å². The van der Waals surface area contributed by atoms with E-state index < -0.39 is 12.2 Å². The summed E-state index contributed by atoms with van der Waals surface area (Å²) in [6.07, 6.45) is 3.85. The number of hydrogen-bond acceptors (Lipinski definition) is 7. The highest BCUT2D eigenvalue weighted by atomic mass is 16.6. The average molecular weight is 645 g/mol. The van der Waals surface area contributed by atoms with Gasteiger partial charge in [0.05, 0.1) is 11.7 Å². The van der Waals surface area contributed by atoms with E-state index >= 15 is 0 Å². The second kappa shape index (κ2) is 14.7. The number of aromatic nitrogens is 2. The number of anilines is 1. The van der Waals surface area contributed by atoms with Crippen LogP contribution in [0.3, 0.4) is 0 Å². The van der Waals surface area contributed by atoms with Crippen molar-refractivity contribution in [1.29, 1.82) is 0 Å². The molecule has 3 aliphatic rings. The molecule has 2 aromatic carbocycles. The Hall–Kier alpha value is -4.16. The van der Waals surface area contributed by atoms with Crippen LogP contribution in [0, 0.1) is 6.92 Å². The highest BCUT2D eigenvalue weighted by Crippen LogP contribution is 2.26. The molecule has 1 atom stereocenters. The Morgan fingerprint density at radius 3 is 2.55 bits per heavy atom. The number of nitrogens with one attached hydrogen (secondary N) is 2. The summed E-state index contributed by atoms with van der Waals surface area (Å²) >= 11 is 0. The fourth-order valence-corrected chi connectivity index (χ4v) is 7.12. The van der Waals surface area contributed by atoms with E-state index in [1.165, 1.54) is 0 Å². The van der Waals surface area contributed by atoms with Crippen molar-refractivity contribution in [3.05, 3.63) is 59.3 Å². The third-order valence-corrected chi connectivity index (χ3v) is 9.81. The van der Waals surface area contributed by atoms with Gasteiger partial charge < -0.3 is 29.7 Å². The Morgan fingerprint density at radius 2 is 1.79 bits per heavy atom. The van der Waals surface area contributed by atoms with E-state index in [2.05, 4.69) is 45.5 Å². The van der Waals surface area contributed by atoms with Gasteiger partial charge in [-0.2, -0.15) is 5.10 Å². The number of H-pyrrole nitrogens is 1. The molecule has 2 saturated heterocycles. The zero-order valence-electron chi connectivity index (χ0n) is 27.9. The first kappa shape index (κ1) is 32.8. The highest BCUT2D eigenvalue weighted by Gasteiger charge is 2.35. The molecule has 12 nitrogen and oxygen atoms in total. The van der Waals surface area contributed by atoms with Gasteiger partial charge in [-0.3, -0.25) is 14.8 Å². The number of ether oxygens (including phenoxy) is 1. The number of piperidine rings is 1. The molecule has 6 rings (SSSR count). The predicted octanol–water partition coefficient (Wildman–Crippen LogP) is 3.57. The Kier molecular flexibility index (Phi) is 10.3. The van der Waals surface area contributed by atoms with Crippen LogP contribution in [0.4, 0.5) is 15.3 Å². The Bertz CT molecular complexity index is 1560. The second-order valence-corrected chi connectivity index (χ2v) is 13.4. The van der Waals surface area contributed by atoms with Crippen molar-refractivity contribution in [2.75, 3.05) is 78.3 Å². The molecule has 3 aliphatic heterocycles. The number of amides is 4. The molecule has 1 unspecified atom stereocenters. The minimum Gasteiger partial charge on any atom is -0.436 e. The van der Waals surface area contributed by atoms with Crippen LogP contribution in [-0.2, 0) is 22.4 Å². The number of aryl methyl sites for hydroxylation is 1. The molecule has 0 bridgehead atoms. The molecule has 2 N–H and O–H groups in total. The molecule has 0 spiro atoms. The van der Waals surface area contributed by atoms with Crippen molar-refractivity contribution in [3.63, 3.8) is 0 Å². The van der Waals surface area contributed by atoms with E-state index in [1.807, 2.05) is 47.1 Å². The fraction of sp³-hybridized carbons (Fsp3) is 0.543. The van der Waals surface area contributed by atoms with Gasteiger partial charge in [0.25, 0.3) is 5.91 Å². The van der Waals surface area contributed by atoms with E-state index in [0.29, 0.717) is 52.0 Å². The van der Waals surface area contributed by atoms with Crippen LogP contribution < -0.4 is 5.32 Å². The normalized spacial score (nSPS) is 18.6. The summed E-state index contributed by atoms with van der Waals surface area (Å²) in [6.45, 7) is 8.46. The first-order chi connectivity index (χ1) is 22.7. The number of carbonyl (C=O) groups is 3. The number of carbonyl (C=O) groups excluding carboxylic acids is 3. The smallest absolute Gasteiger partial charge is 0.410 e. The van der Waals surface area contributed by atoms with Crippen LogP contribution >= 0.6 is 0 Å². The standard InChI is InChI=1S/C35H48N8O4/c1-25-21-26(22-28-24-36-38-32(25)28)23-31(33(44)41-19-17-40(18-20-41)13-6-12-39(2)3)47-35(46)42-14-10-29(11-15-42)43-16-9-27-7-4-5-8-30(27)37-34(43)45/h4-5,7-8,21-22,24,29,31H,6,9-20,23H2,1-3H3,(H,36,38)(H,37,45). The Labute approximate surface area is 277 Å². The number of hydrogen-bond donors (Lipinski definition) is 2. The maximum absolute atomic E-state index is 14.0. The Morgan fingerprint density at radius 1 is 1.02 bits per heavy atom. The van der Waals surface area contributed by atoms with Gasteiger partial charge in [0.2, 0.25) is 0 Å². The molecule has 0 radical (unpaired) electrons. The first-order valence-electron chi connectivity index (χ1n) is 16.9. The molecule has 252 valence electrons. The van der Waals surface area contributed by atoms with Gasteiger partial charge in [0, 0.05) is 69.3 Å². The van der Waals surface area contributed by atoms with Crippen LogP contribution in [0.15, 0.2) is 42.6 Å². The zero-order chi connectivity index (χ0) is 32.9. The summed E-state index contributed by atoms with van der Waals surface area (Å²) < 4.78 is 6.08. The number of aromatic amines is 1. The first-order valence-corrected chi connectivity index (χ1v) is 16.9. The monoisotopic (exact) mass is 644 g/mol. The summed E-state index contributed by atoms with van der Waals surface area (Å²) in [5.74, 6) is -0.146. The number of nitrogens with zero attached hydrogens (tertiary/aromatic N) is 6. The van der Waals surface area contributed by atoms with Crippen LogP contribution in [-0.4, -0.2) is 138 Å². The number of piperazine rings is 1. The molecular weight excluding hydrogens is 596 g/mol. The third kappa shape index (κ3) is 7.87. The number of likely N-dealkylation sites (tertiary alicyclic amines) is 1. The van der Waals surface area contributed by atoms with E-state index in [-0.39, 0.29) is 18.0 Å². The van der Waals surface area contributed by atoms with Gasteiger partial charge in [-0.25, -0.2) is 9.59 Å². The van der Waals surface area contributed by atoms with Crippen LogP contribution in [0.1, 0.15) is 36.0 Å². The zero-order valence-corrected chi connectivity index (χ0v) is 27.9. The highest BCUT2D eigenvalue weighted by molar-refractivity contribution is 5.91. The lowest BCUT2D eigenvalue weighted by Crippen LogP contribution is -2.54. The maximum Gasteiger partial charge on any atom is 0.410 e. The number of benzene rings is 2. The molecule has 1 aromatic heterocycles. The van der Waals surface area contributed by atoms with Crippen molar-refractivity contribution < 1.29 is 19.1 Å². The lowest BCUT2D eigenvalue weighted by molar-refractivity contribution is -0.142. The quantitative estimate of drug-likeness (QED) is 0.366. The van der Waals surface area contributed by atoms with Crippen LogP contribution in [0.25, 0.3) is 10.9 Å². The van der Waals surface area contributed by atoms with Crippen LogP contribution in [0.2, 0.25) is 0 Å². The van der Waals surface area contributed by atoms with Crippen molar-refractivity contribution in [3.8, 4) is 0 Å². The number of fused-ring (bicyclic) bond motifs is 2. The molecule has 12 heteroatoms. The largest absolute Gasteiger partial charge is 0.436 e. The van der Waals surface area contributed by atoms with Gasteiger partial charge >= 0.3 is 12.1 Å². The number of rotatable bonds is 9. The summed E-state index contributed by atoms with van der Waals surface area (Å²) in [5, 5.41) is 11.2. The summed E-state index contributed by atoms with van der Waals surface area (Å²) in [6, 6.07) is 11.9. The molecule has 3 aromatic rings. The summed E-state index contributed by atoms with van der Waals surface area (Å²) in [5.41, 5.74) is 4.92. The van der Waals surface area contributed by atoms with Gasteiger partial charge in [0.1, 0.15) is 0 Å². The second-order valence-electron chi connectivity index (χ2n) is 13.4. The minimum atomic E-state index is -0.931. The van der Waals surface area contributed by atoms with Crippen molar-refractivity contribution in [2.24, 2.45) is 0 Å². The van der Waals surface area contributed by atoms with E-state index in [1.54, 1.807) is 11.1 Å². The molecule has 4 amide bonds. The molecular formula is C35H48N8O4. The lowest BCUT2D eigenvalue weighted by Gasteiger charge is -2.38. The predicted molar refractivity (Wildman–Crippen MR) is 181 cm³/mol. The summed E-state index contributed by atoms with van der Waals surface area (Å²) in [7, 11) is 4.17. The van der Waals surface area contributed by atoms with Crippen LogP contribution in [0.5, 0.6) is 0 Å². The minimum absolute atomic E-state index is 0.0319. The average Bonchev–Trinajstić information content (AvgIpc) is 3.48. The third-order valence-electron chi connectivity index (χ3n) is 9.81. The molecule has 2 fully saturated rings. The molecule has 0 aliphatic carbocycles. The molecule has 4 heterocycles. The topological polar surface area (TPSA) is 117 Å². The fourth-order valence-electron chi connectivity index (χ4n) is 7.12. The van der Waals surface area contributed by atoms with E-state index in [0.717, 1.165) is 72.3 Å². The maximum atomic E-state index is 14.0. The SMILES string of the molecule is Cc1cc(CC(OC(=O)N2CCC(N3CCc4ccccc4NC3=O)CC2)C(=O)N2CCN(CCCN(C)C)CC2)cc2cn[nH]c12. The lowest BCUT2D eigenvalue weighted by atomic mass is 10.0. The molecule has 47 heavy (non-hydrogen) atoms. The van der Waals surface area contributed by atoms with Gasteiger partial charge in [0.15, 0.2) is 6.10 Å². The van der Waals surface area contributed by atoms with Gasteiger partial charge in [-0.05, 0) is 88.6 Å². The van der Waals surface area contributed by atoms with Crippen molar-refractivity contribution in [1.82, 2.24) is 34.7 Å². The van der Waals surface area contributed by atoms with E-state index in [4.69, 9.17) is 4.74 Å². The van der Waals surface area contributed by atoms with Gasteiger partial charge in [-0.15, -0.1) is 0 Å². The summed E-state index contributed by atoms with van der Waals surface area (Å²) in [4.78, 5) is 50.7. The van der Waals surface area contributed by atoms with E-state index in [9.17, 15) is 14.4 Å². The molecule has 0 saturated carbocycles. The number of para-hydroxylation sites is 1. The Balaban J connectivity index is 1.09. The van der Waals surface area contributed by atoms with Crippen molar-refractivity contribution in [2.45, 2.75) is 51.2 Å². The van der Waals surface area contributed by atoms with Gasteiger partial charge in [-0.1, -0.05) is 24.3 Å².